The quantitative estimate of drug-likeness (QED) is 0.459. The van der Waals surface area contributed by atoms with Gasteiger partial charge in [0.2, 0.25) is 0 Å². The minimum atomic E-state index is -0.582. The number of esters is 2. The van der Waals surface area contributed by atoms with Crippen LogP contribution in [0.1, 0.15) is 23.7 Å². The molecule has 2 N–H and O–H groups in total. The smallest absolute Gasteiger partial charge is 0.316 e. The summed E-state index contributed by atoms with van der Waals surface area (Å²) in [6.45, 7) is 1.56. The van der Waals surface area contributed by atoms with E-state index in [1.807, 2.05) is 30.3 Å². The van der Waals surface area contributed by atoms with Gasteiger partial charge in [-0.2, -0.15) is 0 Å². The van der Waals surface area contributed by atoms with Crippen molar-refractivity contribution in [2.75, 3.05) is 14.2 Å². The minimum Gasteiger partial charge on any atom is -0.469 e. The van der Waals surface area contributed by atoms with Gasteiger partial charge in [0, 0.05) is 5.56 Å². The Morgan fingerprint density at radius 3 is 1.63 bits per heavy atom. The van der Waals surface area contributed by atoms with Crippen molar-refractivity contribution >= 4 is 17.7 Å². The maximum Gasteiger partial charge on any atom is 0.316 e. The summed E-state index contributed by atoms with van der Waals surface area (Å²) in [7, 11) is 2.43. The zero-order chi connectivity index (χ0) is 14.0. The SMILES string of the molecule is CC(=O)c1ccccc1.COC(=O)CC(=O)OC.O. The van der Waals surface area contributed by atoms with Crippen molar-refractivity contribution in [2.24, 2.45) is 0 Å². The Morgan fingerprint density at radius 2 is 1.37 bits per heavy atom. The highest BCUT2D eigenvalue weighted by molar-refractivity contribution is 5.93. The van der Waals surface area contributed by atoms with Gasteiger partial charge in [0.1, 0.15) is 6.42 Å². The summed E-state index contributed by atoms with van der Waals surface area (Å²) in [5.41, 5.74) is 0.775. The molecule has 0 aliphatic heterocycles. The maximum atomic E-state index is 10.6. The van der Waals surface area contributed by atoms with Gasteiger partial charge in [0.15, 0.2) is 5.78 Å². The Balaban J connectivity index is 0. The molecule has 0 saturated heterocycles. The van der Waals surface area contributed by atoms with Crippen LogP contribution in [0.5, 0.6) is 0 Å². The lowest BCUT2D eigenvalue weighted by molar-refractivity contribution is -0.151. The van der Waals surface area contributed by atoms with Crippen molar-refractivity contribution in [2.45, 2.75) is 13.3 Å². The summed E-state index contributed by atoms with van der Waals surface area (Å²) in [5.74, 6) is -1.04. The van der Waals surface area contributed by atoms with Crippen LogP contribution in [0, 0.1) is 0 Å². The van der Waals surface area contributed by atoms with Crippen molar-refractivity contribution in [3.63, 3.8) is 0 Å². The molecular weight excluding hydrogens is 252 g/mol. The van der Waals surface area contributed by atoms with Gasteiger partial charge < -0.3 is 14.9 Å². The molecule has 1 rings (SSSR count). The Kier molecular flexibility index (Phi) is 11.0. The molecule has 0 fully saturated rings. The summed E-state index contributed by atoms with van der Waals surface area (Å²) < 4.78 is 8.37. The third-order valence-corrected chi connectivity index (χ3v) is 1.92. The number of Topliss-reactive ketones (excluding diaryl/α,β-unsaturated/α-hetero) is 1. The van der Waals surface area contributed by atoms with Crippen molar-refractivity contribution in [1.82, 2.24) is 0 Å². The van der Waals surface area contributed by atoms with Crippen molar-refractivity contribution < 1.29 is 29.3 Å². The fourth-order valence-electron chi connectivity index (χ4n) is 0.935. The summed E-state index contributed by atoms with van der Waals surface area (Å²) in [6.07, 6.45) is -0.312. The number of hydrogen-bond acceptors (Lipinski definition) is 5. The lowest BCUT2D eigenvalue weighted by atomic mass is 10.2. The molecule has 0 spiro atoms. The van der Waals surface area contributed by atoms with E-state index >= 15 is 0 Å². The second-order valence-corrected chi connectivity index (χ2v) is 3.25. The number of carbonyl (C=O) groups excluding carboxylic acids is 3. The first-order valence-corrected chi connectivity index (χ1v) is 5.20. The molecule has 0 aliphatic rings. The molecule has 6 nitrogen and oxygen atoms in total. The summed E-state index contributed by atoms with van der Waals surface area (Å²) >= 11 is 0. The van der Waals surface area contributed by atoms with Gasteiger partial charge in [0.25, 0.3) is 0 Å². The van der Waals surface area contributed by atoms with Crippen molar-refractivity contribution in [3.05, 3.63) is 35.9 Å². The highest BCUT2D eigenvalue weighted by atomic mass is 16.5. The molecular formula is C13H18O6. The zero-order valence-corrected chi connectivity index (χ0v) is 11.1. The first-order valence-electron chi connectivity index (χ1n) is 5.20. The normalized spacial score (nSPS) is 8.16. The molecule has 0 heterocycles. The van der Waals surface area contributed by atoms with E-state index in [2.05, 4.69) is 9.47 Å². The van der Waals surface area contributed by atoms with Gasteiger partial charge in [0.05, 0.1) is 14.2 Å². The van der Waals surface area contributed by atoms with E-state index < -0.39 is 11.9 Å². The van der Waals surface area contributed by atoms with E-state index in [0.29, 0.717) is 0 Å². The first-order chi connectivity index (χ1) is 8.51. The summed E-state index contributed by atoms with van der Waals surface area (Å²) in [5, 5.41) is 0. The van der Waals surface area contributed by atoms with Crippen LogP contribution in [0.3, 0.4) is 0 Å². The van der Waals surface area contributed by atoms with E-state index in [1.165, 1.54) is 14.2 Å². The van der Waals surface area contributed by atoms with Crippen LogP contribution in [0.15, 0.2) is 30.3 Å². The predicted octanol–water partition coefficient (Wildman–Crippen LogP) is 0.787. The van der Waals surface area contributed by atoms with Crippen LogP contribution >= 0.6 is 0 Å². The third-order valence-electron chi connectivity index (χ3n) is 1.92. The van der Waals surface area contributed by atoms with Gasteiger partial charge >= 0.3 is 11.9 Å². The van der Waals surface area contributed by atoms with E-state index in [9.17, 15) is 14.4 Å². The van der Waals surface area contributed by atoms with Crippen LogP contribution in [0.4, 0.5) is 0 Å². The fourth-order valence-corrected chi connectivity index (χ4v) is 0.935. The lowest BCUT2D eigenvalue weighted by Gasteiger charge is -1.95. The van der Waals surface area contributed by atoms with Crippen LogP contribution in [0.25, 0.3) is 0 Å². The molecule has 106 valence electrons. The van der Waals surface area contributed by atoms with Gasteiger partial charge in [-0.3, -0.25) is 14.4 Å². The average molecular weight is 270 g/mol. The van der Waals surface area contributed by atoms with Gasteiger partial charge in [-0.1, -0.05) is 30.3 Å². The third kappa shape index (κ3) is 9.49. The van der Waals surface area contributed by atoms with Gasteiger partial charge in [-0.15, -0.1) is 0 Å². The molecule has 0 atom stereocenters. The first kappa shape index (κ1) is 19.1. The van der Waals surface area contributed by atoms with Crippen LogP contribution in [-0.2, 0) is 19.1 Å². The summed E-state index contributed by atoms with van der Waals surface area (Å²) in [4.78, 5) is 31.2. The molecule has 0 saturated carbocycles. The van der Waals surface area contributed by atoms with Crippen LogP contribution < -0.4 is 0 Å². The number of ketones is 1. The second-order valence-electron chi connectivity index (χ2n) is 3.25. The standard InChI is InChI=1S/C8H8O.C5H8O4.H2O/c1-7(9)8-5-3-2-4-6-8;1-8-4(6)3-5(7)9-2;/h2-6H,1H3;3H2,1-2H3;1H2. The topological polar surface area (TPSA) is 101 Å². The Morgan fingerprint density at radius 1 is 0.947 bits per heavy atom. The Labute approximate surface area is 111 Å². The zero-order valence-electron chi connectivity index (χ0n) is 11.1. The molecule has 0 bridgehead atoms. The van der Waals surface area contributed by atoms with E-state index in [4.69, 9.17) is 0 Å². The molecule has 0 radical (unpaired) electrons. The van der Waals surface area contributed by atoms with Gasteiger partial charge in [-0.05, 0) is 6.92 Å². The number of hydrogen-bond donors (Lipinski definition) is 0. The number of ether oxygens (including phenoxy) is 2. The molecule has 0 amide bonds. The fraction of sp³-hybridized carbons (Fsp3) is 0.308. The molecule has 0 aromatic heterocycles. The molecule has 1 aromatic carbocycles. The van der Waals surface area contributed by atoms with Crippen molar-refractivity contribution in [1.29, 1.82) is 0 Å². The second kappa shape index (κ2) is 10.9. The molecule has 19 heavy (non-hydrogen) atoms. The molecule has 6 heteroatoms. The highest BCUT2D eigenvalue weighted by Gasteiger charge is 2.07. The molecule has 1 aromatic rings. The monoisotopic (exact) mass is 270 g/mol. The summed E-state index contributed by atoms with van der Waals surface area (Å²) in [6, 6.07) is 9.23. The van der Waals surface area contributed by atoms with Gasteiger partial charge in [-0.25, -0.2) is 0 Å². The Bertz CT molecular complexity index is 385. The minimum absolute atomic E-state index is 0. The lowest BCUT2D eigenvalue weighted by Crippen LogP contribution is -2.09. The number of methoxy groups -OCH3 is 2. The highest BCUT2D eigenvalue weighted by Crippen LogP contribution is 1.97. The maximum absolute atomic E-state index is 10.6. The Hall–Kier alpha value is -2.21. The van der Waals surface area contributed by atoms with E-state index in [-0.39, 0.29) is 17.7 Å². The number of benzene rings is 1. The van der Waals surface area contributed by atoms with E-state index in [1.54, 1.807) is 6.92 Å². The number of rotatable bonds is 3. The van der Waals surface area contributed by atoms with Crippen LogP contribution in [0.2, 0.25) is 0 Å². The molecule has 0 aliphatic carbocycles. The van der Waals surface area contributed by atoms with E-state index in [0.717, 1.165) is 5.56 Å². The average Bonchev–Trinajstić information content (AvgIpc) is 2.40. The predicted molar refractivity (Wildman–Crippen MR) is 68.7 cm³/mol. The molecule has 0 unspecified atom stereocenters. The number of carbonyl (C=O) groups is 3. The van der Waals surface area contributed by atoms with Crippen LogP contribution in [-0.4, -0.2) is 37.4 Å². The largest absolute Gasteiger partial charge is 0.469 e. The van der Waals surface area contributed by atoms with Crippen molar-refractivity contribution in [3.8, 4) is 0 Å².